The highest BCUT2D eigenvalue weighted by atomic mass is 16.1. The maximum absolute atomic E-state index is 12.0. The molecule has 3 rings (SSSR count). The van der Waals surface area contributed by atoms with Crippen molar-refractivity contribution in [2.45, 2.75) is 38.6 Å². The van der Waals surface area contributed by atoms with E-state index in [4.69, 9.17) is 0 Å². The van der Waals surface area contributed by atoms with Gasteiger partial charge in [-0.15, -0.1) is 0 Å². The zero-order valence-electron chi connectivity index (χ0n) is 11.3. The highest BCUT2D eigenvalue weighted by molar-refractivity contribution is 5.83. The van der Waals surface area contributed by atoms with Crippen LogP contribution in [0.25, 0.3) is 10.8 Å². The van der Waals surface area contributed by atoms with E-state index in [9.17, 15) is 4.79 Å². The summed E-state index contributed by atoms with van der Waals surface area (Å²) in [7, 11) is 0. The van der Waals surface area contributed by atoms with E-state index in [2.05, 4.69) is 17.2 Å². The van der Waals surface area contributed by atoms with Crippen molar-refractivity contribution in [1.29, 1.82) is 0 Å². The molecule has 1 aromatic carbocycles. The number of fused-ring (bicyclic) bond motifs is 1. The third-order valence-corrected chi connectivity index (χ3v) is 4.13. The molecule has 19 heavy (non-hydrogen) atoms. The van der Waals surface area contributed by atoms with Gasteiger partial charge < -0.3 is 10.3 Å². The van der Waals surface area contributed by atoms with Gasteiger partial charge >= 0.3 is 0 Å². The van der Waals surface area contributed by atoms with Crippen LogP contribution in [-0.4, -0.2) is 11.0 Å². The molecule has 2 N–H and O–H groups in total. The first kappa shape index (κ1) is 12.3. The van der Waals surface area contributed by atoms with Crippen LogP contribution in [0.1, 0.15) is 32.6 Å². The fourth-order valence-corrected chi connectivity index (χ4v) is 2.91. The summed E-state index contributed by atoms with van der Waals surface area (Å²) in [5, 5.41) is 5.23. The summed E-state index contributed by atoms with van der Waals surface area (Å²) in [5.74, 6) is 1.69. The van der Waals surface area contributed by atoms with Crippen LogP contribution in [0.15, 0.2) is 35.1 Å². The predicted octanol–water partition coefficient (Wildman–Crippen LogP) is 3.52. The number of aromatic nitrogens is 1. The molecule has 1 heterocycles. The van der Waals surface area contributed by atoms with E-state index in [0.717, 1.165) is 22.5 Å². The van der Waals surface area contributed by atoms with Gasteiger partial charge in [0.2, 0.25) is 0 Å². The molecular weight excluding hydrogens is 236 g/mol. The van der Waals surface area contributed by atoms with Gasteiger partial charge in [-0.25, -0.2) is 0 Å². The Morgan fingerprint density at radius 2 is 1.89 bits per heavy atom. The second-order valence-electron chi connectivity index (χ2n) is 5.70. The quantitative estimate of drug-likeness (QED) is 0.863. The summed E-state index contributed by atoms with van der Waals surface area (Å²) >= 11 is 0. The summed E-state index contributed by atoms with van der Waals surface area (Å²) in [6.45, 7) is 2.31. The lowest BCUT2D eigenvalue weighted by atomic mass is 9.87. The largest absolute Gasteiger partial charge is 0.369 e. The third kappa shape index (κ3) is 2.65. The van der Waals surface area contributed by atoms with Crippen molar-refractivity contribution < 1.29 is 0 Å². The summed E-state index contributed by atoms with van der Waals surface area (Å²) in [5.41, 5.74) is -0.00947. The van der Waals surface area contributed by atoms with E-state index in [-0.39, 0.29) is 5.56 Å². The van der Waals surface area contributed by atoms with Gasteiger partial charge in [0.25, 0.3) is 5.56 Å². The van der Waals surface area contributed by atoms with Gasteiger partial charge in [0.05, 0.1) is 0 Å². The van der Waals surface area contributed by atoms with E-state index in [0.29, 0.717) is 6.04 Å². The zero-order valence-corrected chi connectivity index (χ0v) is 11.3. The van der Waals surface area contributed by atoms with Crippen molar-refractivity contribution in [3.8, 4) is 0 Å². The van der Waals surface area contributed by atoms with Crippen LogP contribution in [0.3, 0.4) is 0 Å². The first-order valence-corrected chi connectivity index (χ1v) is 7.11. The number of anilines is 1. The monoisotopic (exact) mass is 256 g/mol. The summed E-state index contributed by atoms with van der Waals surface area (Å²) < 4.78 is 0. The zero-order chi connectivity index (χ0) is 13.2. The van der Waals surface area contributed by atoms with E-state index in [1.807, 2.05) is 30.3 Å². The van der Waals surface area contributed by atoms with Crippen LogP contribution < -0.4 is 10.9 Å². The molecule has 0 aliphatic heterocycles. The Bertz CT molecular complexity index is 624. The Labute approximate surface area is 113 Å². The molecule has 1 saturated carbocycles. The number of hydrogen-bond donors (Lipinski definition) is 2. The molecule has 0 amide bonds. The molecule has 3 nitrogen and oxygen atoms in total. The number of nitrogens with one attached hydrogen (secondary N) is 2. The molecule has 1 fully saturated rings. The lowest BCUT2D eigenvalue weighted by molar-refractivity contribution is 0.361. The van der Waals surface area contributed by atoms with Crippen molar-refractivity contribution in [2.75, 3.05) is 5.32 Å². The normalized spacial score (nSPS) is 23.4. The highest BCUT2D eigenvalue weighted by Gasteiger charge is 2.18. The molecule has 0 radical (unpaired) electrons. The summed E-state index contributed by atoms with van der Waals surface area (Å²) in [6.07, 6.45) is 4.93. The number of rotatable bonds is 2. The van der Waals surface area contributed by atoms with Crippen LogP contribution in [0.4, 0.5) is 5.82 Å². The van der Waals surface area contributed by atoms with Crippen molar-refractivity contribution in [3.63, 3.8) is 0 Å². The minimum absolute atomic E-state index is 0.00947. The minimum Gasteiger partial charge on any atom is -0.369 e. The minimum atomic E-state index is -0.00947. The standard InChI is InChI=1S/C16H20N2O/c1-11-6-8-13(9-7-11)17-15-10-12-4-2-3-5-14(12)16(19)18-15/h2-5,10-11,13H,6-9H2,1H3,(H2,17,18,19). The smallest absolute Gasteiger partial charge is 0.257 e. The molecule has 1 aliphatic carbocycles. The van der Waals surface area contributed by atoms with Gasteiger partial charge in [-0.2, -0.15) is 0 Å². The number of benzene rings is 1. The topological polar surface area (TPSA) is 44.9 Å². The predicted molar refractivity (Wildman–Crippen MR) is 79.6 cm³/mol. The van der Waals surface area contributed by atoms with Gasteiger partial charge in [-0.1, -0.05) is 25.1 Å². The van der Waals surface area contributed by atoms with E-state index >= 15 is 0 Å². The molecule has 3 heteroatoms. The molecule has 100 valence electrons. The maximum atomic E-state index is 12.0. The first-order valence-electron chi connectivity index (χ1n) is 7.11. The van der Waals surface area contributed by atoms with Crippen LogP contribution in [0.2, 0.25) is 0 Å². The molecule has 0 bridgehead atoms. The molecule has 1 aromatic heterocycles. The molecule has 2 aromatic rings. The van der Waals surface area contributed by atoms with Crippen LogP contribution in [0.5, 0.6) is 0 Å². The second kappa shape index (κ2) is 5.08. The van der Waals surface area contributed by atoms with Crippen molar-refractivity contribution in [2.24, 2.45) is 5.92 Å². The van der Waals surface area contributed by atoms with E-state index in [1.54, 1.807) is 0 Å². The Morgan fingerprint density at radius 3 is 2.68 bits per heavy atom. The first-order chi connectivity index (χ1) is 9.22. The third-order valence-electron chi connectivity index (χ3n) is 4.13. The maximum Gasteiger partial charge on any atom is 0.257 e. The fourth-order valence-electron chi connectivity index (χ4n) is 2.91. The van der Waals surface area contributed by atoms with Crippen LogP contribution >= 0.6 is 0 Å². The number of pyridine rings is 1. The summed E-state index contributed by atoms with van der Waals surface area (Å²) in [6, 6.07) is 10.2. The van der Waals surface area contributed by atoms with E-state index in [1.165, 1.54) is 25.7 Å². The van der Waals surface area contributed by atoms with Gasteiger partial charge in [0.1, 0.15) is 5.82 Å². The van der Waals surface area contributed by atoms with Crippen LogP contribution in [0, 0.1) is 5.92 Å². The lowest BCUT2D eigenvalue weighted by Gasteiger charge is -2.27. The number of aromatic amines is 1. The Morgan fingerprint density at radius 1 is 1.16 bits per heavy atom. The van der Waals surface area contributed by atoms with Crippen molar-refractivity contribution >= 4 is 16.6 Å². The van der Waals surface area contributed by atoms with Gasteiger partial charge in [0, 0.05) is 11.4 Å². The summed E-state index contributed by atoms with van der Waals surface area (Å²) in [4.78, 5) is 14.9. The van der Waals surface area contributed by atoms with Crippen LogP contribution in [-0.2, 0) is 0 Å². The molecule has 0 atom stereocenters. The lowest BCUT2D eigenvalue weighted by Crippen LogP contribution is -2.26. The molecule has 0 saturated heterocycles. The van der Waals surface area contributed by atoms with Gasteiger partial charge in [0.15, 0.2) is 0 Å². The number of hydrogen-bond acceptors (Lipinski definition) is 2. The molecule has 0 spiro atoms. The average molecular weight is 256 g/mol. The molecule has 1 aliphatic rings. The average Bonchev–Trinajstić information content (AvgIpc) is 2.42. The van der Waals surface area contributed by atoms with E-state index < -0.39 is 0 Å². The molecule has 0 unspecified atom stereocenters. The molecular formula is C16H20N2O. The Kier molecular flexibility index (Phi) is 3.28. The fraction of sp³-hybridized carbons (Fsp3) is 0.438. The highest BCUT2D eigenvalue weighted by Crippen LogP contribution is 2.25. The SMILES string of the molecule is CC1CCC(Nc2cc3ccccc3c(=O)[nH]2)CC1. The Balaban J connectivity index is 1.83. The van der Waals surface area contributed by atoms with Gasteiger partial charge in [-0.3, -0.25) is 4.79 Å². The second-order valence-corrected chi connectivity index (χ2v) is 5.70. The Hall–Kier alpha value is -1.77. The van der Waals surface area contributed by atoms with Gasteiger partial charge in [-0.05, 0) is 49.1 Å². The van der Waals surface area contributed by atoms with Crippen molar-refractivity contribution in [3.05, 3.63) is 40.7 Å². The van der Waals surface area contributed by atoms with Crippen molar-refractivity contribution in [1.82, 2.24) is 4.98 Å². The number of H-pyrrole nitrogens is 1.